The lowest BCUT2D eigenvalue weighted by Crippen LogP contribution is -2.22. The molecule has 112 valence electrons. The maximum Gasteiger partial charge on any atom is 0.238 e. The molecule has 2 rings (SSSR count). The molecule has 5 heteroatoms. The molecule has 2 N–H and O–H groups in total. The molecule has 5 nitrogen and oxygen atoms in total. The molecule has 0 bridgehead atoms. The van der Waals surface area contributed by atoms with Gasteiger partial charge < -0.3 is 15.2 Å². The number of ether oxygens (including phenoxy) is 2. The summed E-state index contributed by atoms with van der Waals surface area (Å²) in [6, 6.07) is 0. The summed E-state index contributed by atoms with van der Waals surface area (Å²) in [4.78, 5) is 0. The summed E-state index contributed by atoms with van der Waals surface area (Å²) in [5.41, 5.74) is 9.15. The van der Waals surface area contributed by atoms with Crippen LogP contribution in [-0.2, 0) is 24.1 Å². The SMILES string of the molecule is CCc1nnc(OCC2CCOCC2)c(CN)c1CC. The van der Waals surface area contributed by atoms with Gasteiger partial charge in [-0.25, -0.2) is 0 Å². The van der Waals surface area contributed by atoms with E-state index in [0.717, 1.165) is 50.2 Å². The topological polar surface area (TPSA) is 70.3 Å². The summed E-state index contributed by atoms with van der Waals surface area (Å²) in [7, 11) is 0. The van der Waals surface area contributed by atoms with Crippen molar-refractivity contribution >= 4 is 0 Å². The molecule has 0 radical (unpaired) electrons. The van der Waals surface area contributed by atoms with Crippen molar-refractivity contribution in [1.82, 2.24) is 10.2 Å². The van der Waals surface area contributed by atoms with E-state index in [1.807, 2.05) is 0 Å². The third-order valence-electron chi connectivity index (χ3n) is 3.92. The van der Waals surface area contributed by atoms with Crippen molar-refractivity contribution < 1.29 is 9.47 Å². The van der Waals surface area contributed by atoms with Crippen molar-refractivity contribution in [3.8, 4) is 5.88 Å². The summed E-state index contributed by atoms with van der Waals surface area (Å²) in [6.07, 6.45) is 3.90. The van der Waals surface area contributed by atoms with Crippen LogP contribution in [0, 0.1) is 5.92 Å². The van der Waals surface area contributed by atoms with E-state index in [4.69, 9.17) is 15.2 Å². The van der Waals surface area contributed by atoms with Crippen LogP contribution in [0.2, 0.25) is 0 Å². The number of nitrogens with zero attached hydrogens (tertiary/aromatic N) is 2. The molecule has 0 amide bonds. The Morgan fingerprint density at radius 2 is 1.90 bits per heavy atom. The van der Waals surface area contributed by atoms with E-state index in [0.29, 0.717) is 24.9 Å². The van der Waals surface area contributed by atoms with Crippen LogP contribution in [0.5, 0.6) is 5.88 Å². The number of rotatable bonds is 6. The van der Waals surface area contributed by atoms with Crippen LogP contribution < -0.4 is 10.5 Å². The van der Waals surface area contributed by atoms with Gasteiger partial charge in [-0.3, -0.25) is 0 Å². The molecule has 1 aliphatic rings. The van der Waals surface area contributed by atoms with Gasteiger partial charge in [-0.05, 0) is 37.2 Å². The zero-order valence-electron chi connectivity index (χ0n) is 12.5. The predicted octanol–water partition coefficient (Wildman–Crippen LogP) is 1.87. The predicted molar refractivity (Wildman–Crippen MR) is 77.7 cm³/mol. The Kier molecular flexibility index (Phi) is 5.73. The normalized spacial score (nSPS) is 16.4. The minimum atomic E-state index is 0.453. The van der Waals surface area contributed by atoms with Gasteiger partial charge in [0.05, 0.1) is 12.3 Å². The van der Waals surface area contributed by atoms with Gasteiger partial charge in [0.15, 0.2) is 0 Å². The third kappa shape index (κ3) is 3.46. The summed E-state index contributed by atoms with van der Waals surface area (Å²) in [5.74, 6) is 1.17. The molecule has 0 aliphatic carbocycles. The molecule has 2 heterocycles. The number of nitrogens with two attached hydrogens (primary N) is 1. The fraction of sp³-hybridized carbons (Fsp3) is 0.733. The monoisotopic (exact) mass is 279 g/mol. The largest absolute Gasteiger partial charge is 0.476 e. The first-order valence-electron chi connectivity index (χ1n) is 7.58. The van der Waals surface area contributed by atoms with E-state index in [1.54, 1.807) is 0 Å². The standard InChI is InChI=1S/C15H25N3O2/c1-3-12-13(9-16)15(18-17-14(12)4-2)20-10-11-5-7-19-8-6-11/h11H,3-10,16H2,1-2H3. The van der Waals surface area contributed by atoms with Crippen LogP contribution >= 0.6 is 0 Å². The third-order valence-corrected chi connectivity index (χ3v) is 3.92. The lowest BCUT2D eigenvalue weighted by atomic mass is 10.0. The Bertz CT molecular complexity index is 431. The van der Waals surface area contributed by atoms with Gasteiger partial charge in [0, 0.05) is 25.3 Å². The van der Waals surface area contributed by atoms with Gasteiger partial charge in [0.2, 0.25) is 5.88 Å². The number of hydrogen-bond donors (Lipinski definition) is 1. The Hall–Kier alpha value is -1.20. The summed E-state index contributed by atoms with van der Waals surface area (Å²) >= 11 is 0. The first kappa shape index (κ1) is 15.2. The smallest absolute Gasteiger partial charge is 0.238 e. The van der Waals surface area contributed by atoms with Gasteiger partial charge in [-0.15, -0.1) is 5.10 Å². The minimum Gasteiger partial charge on any atom is -0.476 e. The maximum atomic E-state index is 5.90. The molecule has 1 saturated heterocycles. The highest BCUT2D eigenvalue weighted by Gasteiger charge is 2.18. The highest BCUT2D eigenvalue weighted by Crippen LogP contribution is 2.24. The van der Waals surface area contributed by atoms with Crippen molar-refractivity contribution in [2.45, 2.75) is 46.1 Å². The average Bonchev–Trinajstić information content (AvgIpc) is 2.52. The van der Waals surface area contributed by atoms with Crippen molar-refractivity contribution in [1.29, 1.82) is 0 Å². The van der Waals surface area contributed by atoms with Crippen LogP contribution in [0.3, 0.4) is 0 Å². The molecular formula is C15H25N3O2. The molecule has 0 aromatic carbocycles. The van der Waals surface area contributed by atoms with Crippen LogP contribution in [0.25, 0.3) is 0 Å². The minimum absolute atomic E-state index is 0.453. The molecule has 1 aromatic heterocycles. The van der Waals surface area contributed by atoms with E-state index in [1.165, 1.54) is 5.56 Å². The van der Waals surface area contributed by atoms with Gasteiger partial charge in [0.25, 0.3) is 0 Å². The van der Waals surface area contributed by atoms with Gasteiger partial charge in [-0.2, -0.15) is 5.10 Å². The maximum absolute atomic E-state index is 5.90. The van der Waals surface area contributed by atoms with Crippen LogP contribution in [-0.4, -0.2) is 30.0 Å². The van der Waals surface area contributed by atoms with Crippen molar-refractivity contribution in [2.24, 2.45) is 11.7 Å². The van der Waals surface area contributed by atoms with Gasteiger partial charge in [0.1, 0.15) is 0 Å². The Morgan fingerprint density at radius 1 is 1.15 bits per heavy atom. The first-order valence-corrected chi connectivity index (χ1v) is 7.58. The molecule has 0 atom stereocenters. The van der Waals surface area contributed by atoms with Crippen molar-refractivity contribution in [3.63, 3.8) is 0 Å². The Morgan fingerprint density at radius 3 is 2.50 bits per heavy atom. The van der Waals surface area contributed by atoms with Crippen LogP contribution in [0.15, 0.2) is 0 Å². The quantitative estimate of drug-likeness (QED) is 0.860. The molecule has 1 aromatic rings. The molecule has 1 fully saturated rings. The fourth-order valence-electron chi connectivity index (χ4n) is 2.67. The summed E-state index contributed by atoms with van der Waals surface area (Å²) < 4.78 is 11.3. The number of aryl methyl sites for hydroxylation is 1. The van der Waals surface area contributed by atoms with E-state index in [9.17, 15) is 0 Å². The zero-order chi connectivity index (χ0) is 14.4. The van der Waals surface area contributed by atoms with Crippen molar-refractivity contribution in [2.75, 3.05) is 19.8 Å². The molecule has 20 heavy (non-hydrogen) atoms. The lowest BCUT2D eigenvalue weighted by molar-refractivity contribution is 0.0487. The van der Waals surface area contributed by atoms with E-state index < -0.39 is 0 Å². The second kappa shape index (κ2) is 7.55. The Labute approximate surface area is 120 Å². The van der Waals surface area contributed by atoms with E-state index in [-0.39, 0.29) is 0 Å². The Balaban J connectivity index is 2.10. The summed E-state index contributed by atoms with van der Waals surface area (Å²) in [6.45, 7) is 7.01. The summed E-state index contributed by atoms with van der Waals surface area (Å²) in [5, 5.41) is 8.51. The molecular weight excluding hydrogens is 254 g/mol. The van der Waals surface area contributed by atoms with Crippen LogP contribution in [0.4, 0.5) is 0 Å². The number of aromatic nitrogens is 2. The second-order valence-electron chi connectivity index (χ2n) is 5.19. The highest BCUT2D eigenvalue weighted by atomic mass is 16.5. The second-order valence-corrected chi connectivity index (χ2v) is 5.19. The van der Waals surface area contributed by atoms with Crippen LogP contribution in [0.1, 0.15) is 43.5 Å². The first-order chi connectivity index (χ1) is 9.80. The average molecular weight is 279 g/mol. The molecule has 0 saturated carbocycles. The lowest BCUT2D eigenvalue weighted by Gasteiger charge is -2.22. The fourth-order valence-corrected chi connectivity index (χ4v) is 2.67. The molecule has 0 spiro atoms. The van der Waals surface area contributed by atoms with E-state index >= 15 is 0 Å². The molecule has 0 unspecified atom stereocenters. The van der Waals surface area contributed by atoms with Gasteiger partial charge in [-0.1, -0.05) is 13.8 Å². The van der Waals surface area contributed by atoms with Crippen molar-refractivity contribution in [3.05, 3.63) is 16.8 Å². The van der Waals surface area contributed by atoms with E-state index in [2.05, 4.69) is 24.0 Å². The highest BCUT2D eigenvalue weighted by molar-refractivity contribution is 5.36. The molecule has 1 aliphatic heterocycles. The number of hydrogen-bond acceptors (Lipinski definition) is 5. The van der Waals surface area contributed by atoms with Gasteiger partial charge >= 0.3 is 0 Å². The zero-order valence-corrected chi connectivity index (χ0v) is 12.5.